The van der Waals surface area contributed by atoms with Crippen LogP contribution in [0.15, 0.2) is 24.3 Å². The van der Waals surface area contributed by atoms with Gasteiger partial charge in [0.25, 0.3) is 5.91 Å². The molecular weight excluding hydrogens is 258 g/mol. The van der Waals surface area contributed by atoms with Crippen LogP contribution < -0.4 is 11.1 Å². The van der Waals surface area contributed by atoms with E-state index >= 15 is 0 Å². The van der Waals surface area contributed by atoms with E-state index in [1.54, 1.807) is 24.3 Å². The average Bonchev–Trinajstić information content (AvgIpc) is 2.88. The van der Waals surface area contributed by atoms with Crippen LogP contribution in [0.2, 0.25) is 0 Å². The Hall–Kier alpha value is -2.70. The Labute approximate surface area is 115 Å². The molecule has 0 spiro atoms. The van der Waals surface area contributed by atoms with Crippen LogP contribution in [0.1, 0.15) is 40.1 Å². The largest absolute Gasteiger partial charge is 0.366 e. The summed E-state index contributed by atoms with van der Waals surface area (Å²) in [5.41, 5.74) is 6.06. The SMILES string of the molecule is CCCc1nc(C(=O)Nc2ccc(C(N)=O)cc2)n[nH]1. The predicted molar refractivity (Wildman–Crippen MR) is 73.3 cm³/mol. The van der Waals surface area contributed by atoms with Gasteiger partial charge in [-0.2, -0.15) is 0 Å². The van der Waals surface area contributed by atoms with Crippen molar-refractivity contribution in [3.05, 3.63) is 41.5 Å². The van der Waals surface area contributed by atoms with E-state index in [1.807, 2.05) is 6.92 Å². The maximum absolute atomic E-state index is 11.9. The van der Waals surface area contributed by atoms with E-state index in [0.717, 1.165) is 12.8 Å². The zero-order valence-electron chi connectivity index (χ0n) is 11.0. The fraction of sp³-hybridized carbons (Fsp3) is 0.231. The van der Waals surface area contributed by atoms with E-state index in [2.05, 4.69) is 20.5 Å². The fourth-order valence-electron chi connectivity index (χ4n) is 1.65. The minimum absolute atomic E-state index is 0.0902. The molecule has 0 saturated carbocycles. The number of amides is 2. The van der Waals surface area contributed by atoms with Gasteiger partial charge in [-0.15, -0.1) is 5.10 Å². The summed E-state index contributed by atoms with van der Waals surface area (Å²) in [6.07, 6.45) is 1.67. The van der Waals surface area contributed by atoms with E-state index in [0.29, 0.717) is 17.1 Å². The first kappa shape index (κ1) is 13.7. The zero-order chi connectivity index (χ0) is 14.5. The number of anilines is 1. The highest BCUT2D eigenvalue weighted by Crippen LogP contribution is 2.10. The van der Waals surface area contributed by atoms with Crippen molar-refractivity contribution in [2.24, 2.45) is 5.73 Å². The molecule has 4 N–H and O–H groups in total. The average molecular weight is 273 g/mol. The molecule has 0 radical (unpaired) electrons. The first-order chi connectivity index (χ1) is 9.60. The van der Waals surface area contributed by atoms with Gasteiger partial charge in [0.2, 0.25) is 11.7 Å². The minimum atomic E-state index is -0.513. The quantitative estimate of drug-likeness (QED) is 0.757. The number of hydrogen-bond donors (Lipinski definition) is 3. The van der Waals surface area contributed by atoms with Crippen molar-refractivity contribution < 1.29 is 9.59 Å². The normalized spacial score (nSPS) is 10.2. The van der Waals surface area contributed by atoms with Crippen molar-refractivity contribution in [3.63, 3.8) is 0 Å². The summed E-state index contributed by atoms with van der Waals surface area (Å²) in [5.74, 6) is -0.148. The highest BCUT2D eigenvalue weighted by atomic mass is 16.2. The Bertz CT molecular complexity index is 618. The molecule has 104 valence electrons. The first-order valence-electron chi connectivity index (χ1n) is 6.22. The highest BCUT2D eigenvalue weighted by Gasteiger charge is 2.12. The van der Waals surface area contributed by atoms with Crippen molar-refractivity contribution in [2.75, 3.05) is 5.32 Å². The Balaban J connectivity index is 2.04. The summed E-state index contributed by atoms with van der Waals surface area (Å²) in [4.78, 5) is 26.9. The number of aromatic nitrogens is 3. The molecule has 0 aliphatic heterocycles. The summed E-state index contributed by atoms with van der Waals surface area (Å²) in [7, 11) is 0. The van der Waals surface area contributed by atoms with Gasteiger partial charge in [0.15, 0.2) is 0 Å². The molecule has 0 unspecified atom stereocenters. The van der Waals surface area contributed by atoms with E-state index in [1.165, 1.54) is 0 Å². The second kappa shape index (κ2) is 5.96. The summed E-state index contributed by atoms with van der Waals surface area (Å²) in [6, 6.07) is 6.27. The number of aryl methyl sites for hydroxylation is 1. The zero-order valence-corrected chi connectivity index (χ0v) is 11.0. The molecule has 1 aromatic heterocycles. The lowest BCUT2D eigenvalue weighted by atomic mass is 10.2. The second-order valence-corrected chi connectivity index (χ2v) is 4.25. The lowest BCUT2D eigenvalue weighted by Gasteiger charge is -2.02. The lowest BCUT2D eigenvalue weighted by Crippen LogP contribution is -2.14. The second-order valence-electron chi connectivity index (χ2n) is 4.25. The number of nitrogens with two attached hydrogens (primary N) is 1. The summed E-state index contributed by atoms with van der Waals surface area (Å²) in [5, 5.41) is 9.21. The maximum Gasteiger partial charge on any atom is 0.295 e. The maximum atomic E-state index is 11.9. The van der Waals surface area contributed by atoms with Gasteiger partial charge in [-0.3, -0.25) is 14.7 Å². The van der Waals surface area contributed by atoms with Gasteiger partial charge >= 0.3 is 0 Å². The molecule has 7 heteroatoms. The summed E-state index contributed by atoms with van der Waals surface area (Å²) in [6.45, 7) is 2.02. The molecule has 0 fully saturated rings. The van der Waals surface area contributed by atoms with E-state index < -0.39 is 11.8 Å². The number of H-pyrrole nitrogens is 1. The predicted octanol–water partition coefficient (Wildman–Crippen LogP) is 1.11. The van der Waals surface area contributed by atoms with Crippen LogP contribution in [0.3, 0.4) is 0 Å². The number of carbonyl (C=O) groups excluding carboxylic acids is 2. The van der Waals surface area contributed by atoms with Gasteiger partial charge in [-0.1, -0.05) is 6.92 Å². The first-order valence-corrected chi connectivity index (χ1v) is 6.22. The highest BCUT2D eigenvalue weighted by molar-refractivity contribution is 6.01. The molecule has 7 nitrogen and oxygen atoms in total. The van der Waals surface area contributed by atoms with Crippen LogP contribution >= 0.6 is 0 Å². The van der Waals surface area contributed by atoms with Gasteiger partial charge in [-0.05, 0) is 30.7 Å². The van der Waals surface area contributed by atoms with Crippen LogP contribution in [0.5, 0.6) is 0 Å². The van der Waals surface area contributed by atoms with Crippen LogP contribution in [-0.2, 0) is 6.42 Å². The van der Waals surface area contributed by atoms with Gasteiger partial charge < -0.3 is 11.1 Å². The number of nitrogens with one attached hydrogen (secondary N) is 2. The molecule has 2 aromatic rings. The third-order valence-electron chi connectivity index (χ3n) is 2.65. The molecular formula is C13H15N5O2. The third-order valence-corrected chi connectivity index (χ3v) is 2.65. The van der Waals surface area contributed by atoms with Crippen LogP contribution in [-0.4, -0.2) is 27.0 Å². The number of nitrogens with zero attached hydrogens (tertiary/aromatic N) is 2. The van der Waals surface area contributed by atoms with Gasteiger partial charge in [0, 0.05) is 17.7 Å². The lowest BCUT2D eigenvalue weighted by molar-refractivity contribution is 0.0997. The fourth-order valence-corrected chi connectivity index (χ4v) is 1.65. The van der Waals surface area contributed by atoms with Gasteiger partial charge in [0.05, 0.1) is 0 Å². The van der Waals surface area contributed by atoms with Crippen molar-refractivity contribution in [1.82, 2.24) is 15.2 Å². The van der Waals surface area contributed by atoms with Crippen molar-refractivity contribution in [1.29, 1.82) is 0 Å². The number of rotatable bonds is 5. The van der Waals surface area contributed by atoms with E-state index in [9.17, 15) is 9.59 Å². The Morgan fingerprint density at radius 3 is 2.60 bits per heavy atom. The van der Waals surface area contributed by atoms with Crippen molar-refractivity contribution in [3.8, 4) is 0 Å². The van der Waals surface area contributed by atoms with Crippen molar-refractivity contribution >= 4 is 17.5 Å². The Kier molecular flexibility index (Phi) is 4.09. The molecule has 0 aliphatic carbocycles. The Morgan fingerprint density at radius 1 is 1.30 bits per heavy atom. The monoisotopic (exact) mass is 273 g/mol. The molecule has 0 atom stereocenters. The third kappa shape index (κ3) is 3.19. The minimum Gasteiger partial charge on any atom is -0.366 e. The molecule has 0 bridgehead atoms. The number of carbonyl (C=O) groups is 2. The standard InChI is InChI=1S/C13H15N5O2/c1-2-3-10-16-12(18-17-10)13(20)15-9-6-4-8(5-7-9)11(14)19/h4-7H,2-3H2,1H3,(H2,14,19)(H,15,20)(H,16,17,18). The topological polar surface area (TPSA) is 114 Å². The Morgan fingerprint density at radius 2 is 2.00 bits per heavy atom. The van der Waals surface area contributed by atoms with E-state index in [4.69, 9.17) is 5.73 Å². The molecule has 20 heavy (non-hydrogen) atoms. The number of hydrogen-bond acceptors (Lipinski definition) is 4. The molecule has 2 amide bonds. The molecule has 2 rings (SSSR count). The van der Waals surface area contributed by atoms with Crippen LogP contribution in [0.4, 0.5) is 5.69 Å². The van der Waals surface area contributed by atoms with Crippen molar-refractivity contribution in [2.45, 2.75) is 19.8 Å². The molecule has 1 aromatic carbocycles. The van der Waals surface area contributed by atoms with Gasteiger partial charge in [-0.25, -0.2) is 4.98 Å². The van der Waals surface area contributed by atoms with E-state index in [-0.39, 0.29) is 5.82 Å². The van der Waals surface area contributed by atoms with Crippen LogP contribution in [0.25, 0.3) is 0 Å². The molecule has 0 saturated heterocycles. The summed E-state index contributed by atoms with van der Waals surface area (Å²) < 4.78 is 0. The molecule has 0 aliphatic rings. The number of primary amides is 1. The number of aromatic amines is 1. The number of benzene rings is 1. The summed E-state index contributed by atoms with van der Waals surface area (Å²) >= 11 is 0. The smallest absolute Gasteiger partial charge is 0.295 e. The van der Waals surface area contributed by atoms with Crippen LogP contribution in [0, 0.1) is 0 Å². The van der Waals surface area contributed by atoms with Gasteiger partial charge in [0.1, 0.15) is 5.82 Å². The molecule has 1 heterocycles.